The monoisotopic (exact) mass is 300 g/mol. The SMILES string of the molecule is CC(C)N1CCOC(CSc2c(N)cccc2Cl)C1. The summed E-state index contributed by atoms with van der Waals surface area (Å²) >= 11 is 7.86. The van der Waals surface area contributed by atoms with Gasteiger partial charge in [0.25, 0.3) is 0 Å². The molecular weight excluding hydrogens is 280 g/mol. The third-order valence-corrected chi connectivity index (χ3v) is 5.02. The van der Waals surface area contributed by atoms with Crippen LogP contribution in [0.15, 0.2) is 23.1 Å². The molecule has 1 atom stereocenters. The summed E-state index contributed by atoms with van der Waals surface area (Å²) in [5.74, 6) is 0.886. The number of thioether (sulfide) groups is 1. The van der Waals surface area contributed by atoms with Crippen molar-refractivity contribution in [3.8, 4) is 0 Å². The molecule has 0 bridgehead atoms. The molecule has 1 aliphatic rings. The Hall–Kier alpha value is -0.420. The fourth-order valence-corrected chi connectivity index (χ4v) is 3.51. The normalized spacial score (nSPS) is 20.9. The highest BCUT2D eigenvalue weighted by molar-refractivity contribution is 7.99. The number of ether oxygens (including phenoxy) is 1. The number of benzene rings is 1. The number of rotatable bonds is 4. The van der Waals surface area contributed by atoms with E-state index in [-0.39, 0.29) is 6.10 Å². The van der Waals surface area contributed by atoms with Crippen LogP contribution in [0.4, 0.5) is 5.69 Å². The fraction of sp³-hybridized carbons (Fsp3) is 0.571. The molecule has 0 saturated carbocycles. The second kappa shape index (κ2) is 6.84. The molecule has 1 aliphatic heterocycles. The van der Waals surface area contributed by atoms with Crippen molar-refractivity contribution >= 4 is 29.1 Å². The molecule has 0 aliphatic carbocycles. The Morgan fingerprint density at radius 1 is 1.53 bits per heavy atom. The van der Waals surface area contributed by atoms with Gasteiger partial charge in [0, 0.05) is 35.5 Å². The summed E-state index contributed by atoms with van der Waals surface area (Å²) < 4.78 is 5.81. The lowest BCUT2D eigenvalue weighted by molar-refractivity contribution is -0.0265. The van der Waals surface area contributed by atoms with Gasteiger partial charge in [-0.15, -0.1) is 11.8 Å². The van der Waals surface area contributed by atoms with E-state index in [0.29, 0.717) is 6.04 Å². The number of anilines is 1. The molecule has 1 fully saturated rings. The van der Waals surface area contributed by atoms with E-state index in [9.17, 15) is 0 Å². The van der Waals surface area contributed by atoms with Crippen LogP contribution in [0, 0.1) is 0 Å². The van der Waals surface area contributed by atoms with Crippen LogP contribution in [0.25, 0.3) is 0 Å². The molecule has 0 radical (unpaired) electrons. The quantitative estimate of drug-likeness (QED) is 0.685. The molecule has 1 aromatic rings. The average molecular weight is 301 g/mol. The summed E-state index contributed by atoms with van der Waals surface area (Å²) in [6.07, 6.45) is 0.247. The molecule has 1 saturated heterocycles. The number of morpholine rings is 1. The van der Waals surface area contributed by atoms with Gasteiger partial charge in [-0.1, -0.05) is 17.7 Å². The van der Waals surface area contributed by atoms with Crippen LogP contribution >= 0.6 is 23.4 Å². The molecule has 2 N–H and O–H groups in total. The van der Waals surface area contributed by atoms with Crippen molar-refractivity contribution in [1.29, 1.82) is 0 Å². The Balaban J connectivity index is 1.92. The van der Waals surface area contributed by atoms with E-state index < -0.39 is 0 Å². The van der Waals surface area contributed by atoms with E-state index in [4.69, 9.17) is 22.1 Å². The van der Waals surface area contributed by atoms with Crippen molar-refractivity contribution in [2.75, 3.05) is 31.2 Å². The molecule has 1 unspecified atom stereocenters. The van der Waals surface area contributed by atoms with Crippen molar-refractivity contribution < 1.29 is 4.74 Å². The van der Waals surface area contributed by atoms with Crippen LogP contribution in [0.3, 0.4) is 0 Å². The summed E-state index contributed by atoms with van der Waals surface area (Å²) in [6, 6.07) is 6.21. The summed E-state index contributed by atoms with van der Waals surface area (Å²) in [6.45, 7) is 7.26. The molecule has 1 heterocycles. The van der Waals surface area contributed by atoms with E-state index in [0.717, 1.165) is 41.1 Å². The first-order valence-electron chi connectivity index (χ1n) is 6.60. The molecule has 0 spiro atoms. The topological polar surface area (TPSA) is 38.5 Å². The van der Waals surface area contributed by atoms with E-state index in [2.05, 4.69) is 18.7 Å². The van der Waals surface area contributed by atoms with Crippen molar-refractivity contribution in [3.05, 3.63) is 23.2 Å². The zero-order valence-electron chi connectivity index (χ0n) is 11.4. The van der Waals surface area contributed by atoms with Crippen molar-refractivity contribution in [2.24, 2.45) is 0 Å². The maximum Gasteiger partial charge on any atom is 0.0796 e. The Labute approximate surface area is 124 Å². The molecule has 1 aromatic carbocycles. The second-order valence-electron chi connectivity index (χ2n) is 5.05. The van der Waals surface area contributed by atoms with E-state index in [1.165, 1.54) is 0 Å². The highest BCUT2D eigenvalue weighted by atomic mass is 35.5. The minimum atomic E-state index is 0.247. The van der Waals surface area contributed by atoms with Gasteiger partial charge >= 0.3 is 0 Å². The van der Waals surface area contributed by atoms with Gasteiger partial charge in [0.2, 0.25) is 0 Å². The molecule has 0 amide bonds. The molecule has 3 nitrogen and oxygen atoms in total. The highest BCUT2D eigenvalue weighted by Crippen LogP contribution is 2.33. The van der Waals surface area contributed by atoms with Crippen LogP contribution in [0.1, 0.15) is 13.8 Å². The molecular formula is C14H21ClN2OS. The highest BCUT2D eigenvalue weighted by Gasteiger charge is 2.22. The number of nitrogen functional groups attached to an aromatic ring is 1. The Morgan fingerprint density at radius 2 is 2.32 bits per heavy atom. The summed E-state index contributed by atoms with van der Waals surface area (Å²) in [7, 11) is 0. The minimum Gasteiger partial charge on any atom is -0.398 e. The Kier molecular flexibility index (Phi) is 5.39. The third kappa shape index (κ3) is 4.02. The van der Waals surface area contributed by atoms with Crippen LogP contribution < -0.4 is 5.73 Å². The van der Waals surface area contributed by atoms with Crippen LogP contribution in [0.5, 0.6) is 0 Å². The summed E-state index contributed by atoms with van der Waals surface area (Å²) in [5.41, 5.74) is 6.70. The van der Waals surface area contributed by atoms with Crippen LogP contribution in [0.2, 0.25) is 5.02 Å². The summed E-state index contributed by atoms with van der Waals surface area (Å²) in [5, 5.41) is 0.724. The first-order chi connectivity index (χ1) is 9.08. The van der Waals surface area contributed by atoms with Gasteiger partial charge in [-0.25, -0.2) is 0 Å². The lowest BCUT2D eigenvalue weighted by Gasteiger charge is -2.35. The maximum absolute atomic E-state index is 6.17. The van der Waals surface area contributed by atoms with Crippen LogP contribution in [-0.4, -0.2) is 42.5 Å². The van der Waals surface area contributed by atoms with E-state index >= 15 is 0 Å². The van der Waals surface area contributed by atoms with Crippen LogP contribution in [-0.2, 0) is 4.74 Å². The smallest absolute Gasteiger partial charge is 0.0796 e. The minimum absolute atomic E-state index is 0.247. The van der Waals surface area contributed by atoms with Gasteiger partial charge in [0.15, 0.2) is 0 Å². The van der Waals surface area contributed by atoms with Gasteiger partial charge in [-0.2, -0.15) is 0 Å². The van der Waals surface area contributed by atoms with Gasteiger partial charge in [-0.3, -0.25) is 4.90 Å². The number of nitrogens with two attached hydrogens (primary N) is 1. The van der Waals surface area contributed by atoms with E-state index in [1.54, 1.807) is 11.8 Å². The van der Waals surface area contributed by atoms with Crippen molar-refractivity contribution in [1.82, 2.24) is 4.90 Å². The van der Waals surface area contributed by atoms with Gasteiger partial charge in [0.1, 0.15) is 0 Å². The van der Waals surface area contributed by atoms with Crippen molar-refractivity contribution in [3.63, 3.8) is 0 Å². The Morgan fingerprint density at radius 3 is 3.00 bits per heavy atom. The standard InChI is InChI=1S/C14H21ClN2OS/c1-10(2)17-6-7-18-11(8-17)9-19-14-12(15)4-3-5-13(14)16/h3-5,10-11H,6-9,16H2,1-2H3. The molecule has 106 valence electrons. The first-order valence-corrected chi connectivity index (χ1v) is 7.96. The molecule has 0 aromatic heterocycles. The summed E-state index contributed by atoms with van der Waals surface area (Å²) in [4.78, 5) is 3.42. The zero-order valence-corrected chi connectivity index (χ0v) is 13.0. The van der Waals surface area contributed by atoms with Gasteiger partial charge in [-0.05, 0) is 26.0 Å². The number of halogens is 1. The predicted octanol–water partition coefficient (Wildman–Crippen LogP) is 3.12. The Bertz CT molecular complexity index is 408. The average Bonchev–Trinajstić information content (AvgIpc) is 2.38. The molecule has 5 heteroatoms. The predicted molar refractivity (Wildman–Crippen MR) is 83.0 cm³/mol. The fourth-order valence-electron chi connectivity index (χ4n) is 2.17. The largest absolute Gasteiger partial charge is 0.398 e. The van der Waals surface area contributed by atoms with Gasteiger partial charge in [0.05, 0.1) is 17.7 Å². The van der Waals surface area contributed by atoms with E-state index in [1.807, 2.05) is 18.2 Å². The number of hydrogen-bond acceptors (Lipinski definition) is 4. The molecule has 19 heavy (non-hydrogen) atoms. The first kappa shape index (κ1) is 15.0. The number of hydrogen-bond donors (Lipinski definition) is 1. The van der Waals surface area contributed by atoms with Crippen molar-refractivity contribution in [2.45, 2.75) is 30.9 Å². The maximum atomic E-state index is 6.17. The zero-order chi connectivity index (χ0) is 13.8. The molecule has 2 rings (SSSR count). The third-order valence-electron chi connectivity index (χ3n) is 3.31. The lowest BCUT2D eigenvalue weighted by atomic mass is 10.2. The van der Waals surface area contributed by atoms with Gasteiger partial charge < -0.3 is 10.5 Å². The number of nitrogens with zero attached hydrogens (tertiary/aromatic N) is 1. The second-order valence-corrected chi connectivity index (χ2v) is 6.49. The lowest BCUT2D eigenvalue weighted by Crippen LogP contribution is -2.46.